The largest absolute Gasteiger partial charge is 0.382 e. The van der Waals surface area contributed by atoms with E-state index in [1.165, 1.54) is 0 Å². The summed E-state index contributed by atoms with van der Waals surface area (Å²) in [7, 11) is 0. The van der Waals surface area contributed by atoms with E-state index in [9.17, 15) is 15.8 Å². The third-order valence-corrected chi connectivity index (χ3v) is 4.05. The van der Waals surface area contributed by atoms with Crippen molar-refractivity contribution in [1.82, 2.24) is 29.9 Å². The van der Waals surface area contributed by atoms with E-state index in [4.69, 9.17) is 11.1 Å². The van der Waals surface area contributed by atoms with Crippen molar-refractivity contribution >= 4 is 45.1 Å². The Balaban J connectivity index is 2.40. The lowest BCUT2D eigenvalue weighted by molar-refractivity contribution is 1.16. The molecule has 0 amide bonds. The minimum atomic E-state index is -0.188. The van der Waals surface area contributed by atoms with E-state index in [0.717, 1.165) is 6.21 Å². The van der Waals surface area contributed by atoms with Gasteiger partial charge in [-0.25, -0.2) is 29.9 Å². The van der Waals surface area contributed by atoms with Crippen molar-refractivity contribution in [1.29, 1.82) is 21.2 Å². The molecule has 3 heterocycles. The second-order valence-corrected chi connectivity index (χ2v) is 5.64. The summed E-state index contributed by atoms with van der Waals surface area (Å²) in [5.41, 5.74) is 7.14. The van der Waals surface area contributed by atoms with Crippen LogP contribution in [0.2, 0.25) is 0 Å². The molecule has 0 unspecified atom stereocenters. The highest BCUT2D eigenvalue weighted by Crippen LogP contribution is 2.31. The number of nitrogens with two attached hydrogens (primary N) is 1. The maximum absolute atomic E-state index is 9.32. The molecule has 0 atom stereocenters. The van der Waals surface area contributed by atoms with Gasteiger partial charge in [-0.05, 0) is 6.92 Å². The molecule has 1 aromatic carbocycles. The van der Waals surface area contributed by atoms with Crippen LogP contribution in [-0.4, -0.2) is 36.1 Å². The predicted octanol–water partition coefficient (Wildman–Crippen LogP) is 1.02. The number of aryl methyl sites for hydroxylation is 1. The van der Waals surface area contributed by atoms with E-state index in [0.29, 0.717) is 5.69 Å². The number of benzene rings is 1. The predicted molar refractivity (Wildman–Crippen MR) is 96.9 cm³/mol. The Bertz CT molecular complexity index is 1480. The molecule has 0 saturated heterocycles. The molecule has 4 aromatic rings. The van der Waals surface area contributed by atoms with Gasteiger partial charge in [-0.3, -0.25) is 0 Å². The van der Waals surface area contributed by atoms with Gasteiger partial charge in [0.15, 0.2) is 17.1 Å². The Hall–Kier alpha value is -4.82. The molecule has 0 fully saturated rings. The summed E-state index contributed by atoms with van der Waals surface area (Å²) in [6, 6.07) is 5.52. The van der Waals surface area contributed by atoms with Crippen molar-refractivity contribution in [2.24, 2.45) is 0 Å². The standard InChI is InChI=1S/C17H7N11/c1-6-17(22)28-16-11(23-6)12-13(25-8(3-19)7(2-18)24-12)14-15(16)27-10(5-21)9(4-20)26-14/h5,21H,1H3,(H2,22,28). The molecule has 0 bridgehead atoms. The van der Waals surface area contributed by atoms with E-state index in [1.807, 2.05) is 18.2 Å². The molecule has 0 radical (unpaired) electrons. The summed E-state index contributed by atoms with van der Waals surface area (Å²) in [6.45, 7) is 1.66. The van der Waals surface area contributed by atoms with Gasteiger partial charge < -0.3 is 11.1 Å². The molecule has 4 rings (SSSR count). The Labute approximate surface area is 156 Å². The van der Waals surface area contributed by atoms with Crippen molar-refractivity contribution in [2.45, 2.75) is 6.92 Å². The Morgan fingerprint density at radius 1 is 0.714 bits per heavy atom. The molecule has 0 aliphatic heterocycles. The topological polar surface area (TPSA) is 199 Å². The second-order valence-electron chi connectivity index (χ2n) is 5.64. The van der Waals surface area contributed by atoms with Crippen LogP contribution in [0.3, 0.4) is 0 Å². The Kier molecular flexibility index (Phi) is 3.49. The smallest absolute Gasteiger partial charge is 0.177 e. The number of rotatable bonds is 1. The maximum Gasteiger partial charge on any atom is 0.177 e. The SMILES string of the molecule is Cc1nc2c(nc1N)c1nc(C=N)c(C#N)nc1c1nc(C#N)c(C#N)nc21. The van der Waals surface area contributed by atoms with Gasteiger partial charge in [-0.1, -0.05) is 0 Å². The van der Waals surface area contributed by atoms with Crippen LogP contribution in [0.4, 0.5) is 5.82 Å². The van der Waals surface area contributed by atoms with Gasteiger partial charge in [-0.15, -0.1) is 0 Å². The van der Waals surface area contributed by atoms with Crippen LogP contribution in [-0.2, 0) is 0 Å². The number of nitriles is 3. The number of nitrogens with zero attached hydrogens (tertiary/aromatic N) is 9. The van der Waals surface area contributed by atoms with Crippen LogP contribution in [0.15, 0.2) is 0 Å². The fourth-order valence-corrected chi connectivity index (χ4v) is 2.75. The number of anilines is 1. The van der Waals surface area contributed by atoms with Crippen LogP contribution in [0.5, 0.6) is 0 Å². The summed E-state index contributed by atoms with van der Waals surface area (Å²) in [5.74, 6) is 0.165. The fraction of sp³-hybridized carbons (Fsp3) is 0.0588. The molecule has 3 N–H and O–H groups in total. The van der Waals surface area contributed by atoms with Gasteiger partial charge in [0.1, 0.15) is 62.8 Å². The molecule has 3 aromatic heterocycles. The zero-order valence-corrected chi connectivity index (χ0v) is 14.2. The van der Waals surface area contributed by atoms with Gasteiger partial charge in [0.2, 0.25) is 0 Å². The van der Waals surface area contributed by atoms with Crippen molar-refractivity contribution in [3.63, 3.8) is 0 Å². The summed E-state index contributed by atoms with van der Waals surface area (Å²) >= 11 is 0. The lowest BCUT2D eigenvalue weighted by atomic mass is 10.1. The van der Waals surface area contributed by atoms with Gasteiger partial charge in [0.05, 0.1) is 5.69 Å². The molecule has 28 heavy (non-hydrogen) atoms. The van der Waals surface area contributed by atoms with E-state index in [2.05, 4.69) is 29.9 Å². The van der Waals surface area contributed by atoms with Crippen LogP contribution >= 0.6 is 0 Å². The first-order valence-electron chi connectivity index (χ1n) is 7.72. The number of fused-ring (bicyclic) bond motifs is 6. The normalized spacial score (nSPS) is 10.5. The van der Waals surface area contributed by atoms with E-state index >= 15 is 0 Å². The van der Waals surface area contributed by atoms with Crippen LogP contribution < -0.4 is 5.73 Å². The van der Waals surface area contributed by atoms with E-state index < -0.39 is 0 Å². The van der Waals surface area contributed by atoms with Gasteiger partial charge in [0, 0.05) is 6.21 Å². The molecule has 11 heteroatoms. The lowest BCUT2D eigenvalue weighted by Gasteiger charge is -2.10. The summed E-state index contributed by atoms with van der Waals surface area (Å²) in [4.78, 5) is 25.7. The average Bonchev–Trinajstić information content (AvgIpc) is 2.73. The molecular formula is C17H7N11. The highest BCUT2D eigenvalue weighted by atomic mass is 15.0. The third kappa shape index (κ3) is 2.16. The Morgan fingerprint density at radius 3 is 1.64 bits per heavy atom. The van der Waals surface area contributed by atoms with Crippen LogP contribution in [0, 0.1) is 46.3 Å². The second kappa shape index (κ2) is 5.87. The highest BCUT2D eigenvalue weighted by molar-refractivity contribution is 6.18. The van der Waals surface area contributed by atoms with E-state index in [1.54, 1.807) is 6.92 Å². The zero-order valence-electron chi connectivity index (χ0n) is 14.2. The summed E-state index contributed by atoms with van der Waals surface area (Å²) < 4.78 is 0. The quantitative estimate of drug-likeness (QED) is 0.362. The van der Waals surface area contributed by atoms with Crippen molar-refractivity contribution in [2.75, 3.05) is 5.73 Å². The molecule has 0 aliphatic rings. The monoisotopic (exact) mass is 365 g/mol. The van der Waals surface area contributed by atoms with E-state index in [-0.39, 0.29) is 61.7 Å². The number of nitrogen functional groups attached to an aromatic ring is 1. The van der Waals surface area contributed by atoms with Gasteiger partial charge in [0.25, 0.3) is 0 Å². The molecule has 130 valence electrons. The van der Waals surface area contributed by atoms with Crippen molar-refractivity contribution in [3.05, 3.63) is 28.5 Å². The highest BCUT2D eigenvalue weighted by Gasteiger charge is 2.21. The fourth-order valence-electron chi connectivity index (χ4n) is 2.75. The number of nitrogens with one attached hydrogen (secondary N) is 1. The Morgan fingerprint density at radius 2 is 1.14 bits per heavy atom. The van der Waals surface area contributed by atoms with Gasteiger partial charge >= 0.3 is 0 Å². The first kappa shape index (κ1) is 16.6. The number of hydrogen-bond donors (Lipinski definition) is 2. The minimum Gasteiger partial charge on any atom is -0.382 e. The summed E-state index contributed by atoms with van der Waals surface area (Å²) in [6.07, 6.45) is 0.900. The lowest BCUT2D eigenvalue weighted by Crippen LogP contribution is -2.06. The van der Waals surface area contributed by atoms with Crippen LogP contribution in [0.25, 0.3) is 33.1 Å². The average molecular weight is 365 g/mol. The first-order chi connectivity index (χ1) is 13.5. The minimum absolute atomic E-state index is 0.0405. The summed E-state index contributed by atoms with van der Waals surface area (Å²) in [5, 5.41) is 35.4. The van der Waals surface area contributed by atoms with Crippen LogP contribution in [0.1, 0.15) is 28.5 Å². The molecule has 0 aliphatic carbocycles. The molecule has 0 spiro atoms. The molecule has 11 nitrogen and oxygen atoms in total. The number of hydrogen-bond acceptors (Lipinski definition) is 11. The maximum atomic E-state index is 9.32. The number of aromatic nitrogens is 6. The molecule has 0 saturated carbocycles. The van der Waals surface area contributed by atoms with Gasteiger partial charge in [-0.2, -0.15) is 15.8 Å². The van der Waals surface area contributed by atoms with Crippen molar-refractivity contribution < 1.29 is 0 Å². The first-order valence-corrected chi connectivity index (χ1v) is 7.72. The third-order valence-electron chi connectivity index (χ3n) is 4.05. The zero-order chi connectivity index (χ0) is 20.0. The molecular weight excluding hydrogens is 358 g/mol. The van der Waals surface area contributed by atoms with Crippen molar-refractivity contribution in [3.8, 4) is 18.2 Å².